The smallest absolute Gasteiger partial charge is 0.339 e. The molecule has 0 radical (unpaired) electrons. The van der Waals surface area contributed by atoms with E-state index in [0.29, 0.717) is 0 Å². The number of carbonyl (C=O) groups is 3. The number of rotatable bonds is 8. The van der Waals surface area contributed by atoms with Gasteiger partial charge in [0.2, 0.25) is 0 Å². The lowest BCUT2D eigenvalue weighted by Crippen LogP contribution is -2.13. The zero-order chi connectivity index (χ0) is 24.0. The first-order valence-electron chi connectivity index (χ1n) is 9.67. The molecule has 3 rings (SSSR count). The summed E-state index contributed by atoms with van der Waals surface area (Å²) in [6.45, 7) is 1.70. The molecule has 0 atom stereocenters. The van der Waals surface area contributed by atoms with E-state index in [2.05, 4.69) is 5.32 Å². The number of amides is 1. The molecular formula is C23H18N2O8. The second-order valence-electron chi connectivity index (χ2n) is 6.59. The number of carbonyl (C=O) groups excluding carboxylic acids is 2. The van der Waals surface area contributed by atoms with Gasteiger partial charge in [0.15, 0.2) is 5.75 Å². The van der Waals surface area contributed by atoms with Crippen LogP contribution in [0.5, 0.6) is 11.5 Å². The molecule has 0 spiro atoms. The van der Waals surface area contributed by atoms with Gasteiger partial charge < -0.3 is 19.9 Å². The van der Waals surface area contributed by atoms with Gasteiger partial charge in [-0.1, -0.05) is 18.2 Å². The van der Waals surface area contributed by atoms with Crippen LogP contribution in [0.3, 0.4) is 0 Å². The van der Waals surface area contributed by atoms with E-state index in [-0.39, 0.29) is 46.2 Å². The number of benzene rings is 3. The van der Waals surface area contributed by atoms with E-state index in [4.69, 9.17) is 9.47 Å². The molecule has 33 heavy (non-hydrogen) atoms. The molecule has 0 aliphatic heterocycles. The average Bonchev–Trinajstić information content (AvgIpc) is 2.80. The summed E-state index contributed by atoms with van der Waals surface area (Å²) in [5.74, 6) is -2.41. The van der Waals surface area contributed by atoms with Crippen LogP contribution in [0.2, 0.25) is 0 Å². The van der Waals surface area contributed by atoms with Gasteiger partial charge in [0.25, 0.3) is 11.6 Å². The maximum atomic E-state index is 12.6. The molecule has 2 N–H and O–H groups in total. The molecule has 0 saturated carbocycles. The zero-order valence-corrected chi connectivity index (χ0v) is 17.3. The Hall–Kier alpha value is -4.73. The van der Waals surface area contributed by atoms with Crippen LogP contribution in [0.1, 0.15) is 38.0 Å². The monoisotopic (exact) mass is 450 g/mol. The number of hydrogen-bond donors (Lipinski definition) is 2. The first-order valence-corrected chi connectivity index (χ1v) is 9.67. The van der Waals surface area contributed by atoms with Crippen LogP contribution in [0, 0.1) is 10.1 Å². The molecule has 3 aromatic rings. The largest absolute Gasteiger partial charge is 0.478 e. The number of para-hydroxylation sites is 2. The van der Waals surface area contributed by atoms with Gasteiger partial charge in [0.05, 0.1) is 28.3 Å². The molecule has 3 aromatic carbocycles. The number of carboxylic acids is 1. The number of nitrogens with zero attached hydrogens (tertiary/aromatic N) is 1. The van der Waals surface area contributed by atoms with Gasteiger partial charge in [-0.2, -0.15) is 0 Å². The average molecular weight is 450 g/mol. The Kier molecular flexibility index (Phi) is 6.99. The fourth-order valence-corrected chi connectivity index (χ4v) is 2.89. The van der Waals surface area contributed by atoms with Gasteiger partial charge in [-0.15, -0.1) is 0 Å². The maximum absolute atomic E-state index is 12.6. The molecule has 168 valence electrons. The topological polar surface area (TPSA) is 145 Å². The molecule has 0 saturated heterocycles. The number of nitrogens with one attached hydrogen (secondary N) is 1. The van der Waals surface area contributed by atoms with E-state index in [9.17, 15) is 29.6 Å². The van der Waals surface area contributed by atoms with Crippen molar-refractivity contribution < 1.29 is 33.9 Å². The molecule has 0 heterocycles. The molecule has 10 nitrogen and oxygen atoms in total. The van der Waals surface area contributed by atoms with Crippen LogP contribution in [0.25, 0.3) is 0 Å². The third-order valence-electron chi connectivity index (χ3n) is 4.40. The number of non-ortho nitro benzene ring substituents is 1. The Labute approximate surface area is 187 Å². The minimum absolute atomic E-state index is 0.0750. The van der Waals surface area contributed by atoms with E-state index in [1.54, 1.807) is 31.2 Å². The number of nitro groups is 1. The number of hydrogen-bond acceptors (Lipinski definition) is 7. The number of ether oxygens (including phenoxy) is 2. The van der Waals surface area contributed by atoms with Crippen LogP contribution in [0.15, 0.2) is 66.7 Å². The van der Waals surface area contributed by atoms with Crippen LogP contribution in [0.4, 0.5) is 11.4 Å². The first kappa shape index (κ1) is 22.9. The van der Waals surface area contributed by atoms with E-state index in [1.165, 1.54) is 36.4 Å². The first-order chi connectivity index (χ1) is 15.8. The van der Waals surface area contributed by atoms with Crippen LogP contribution >= 0.6 is 0 Å². The van der Waals surface area contributed by atoms with Gasteiger partial charge in [-0.05, 0) is 43.3 Å². The van der Waals surface area contributed by atoms with Crippen LogP contribution < -0.4 is 10.1 Å². The summed E-state index contributed by atoms with van der Waals surface area (Å²) in [7, 11) is 0. The highest BCUT2D eigenvalue weighted by Crippen LogP contribution is 2.31. The SMILES string of the molecule is CCOC(=O)c1ccc(Oc2ccccc2NC(=O)c2cccc([N+](=O)[O-])c2)cc1C(=O)O. The standard InChI is InChI=1S/C23H18N2O8/c1-2-32-23(29)17-11-10-16(13-18(17)22(27)28)33-20-9-4-3-8-19(20)24-21(26)14-6-5-7-15(12-14)25(30)31/h3-13H,2H2,1H3,(H,24,26)(H,27,28). The summed E-state index contributed by atoms with van der Waals surface area (Å²) in [4.78, 5) is 46.6. The molecule has 0 aromatic heterocycles. The number of aromatic carboxylic acids is 1. The van der Waals surface area contributed by atoms with Crippen molar-refractivity contribution in [2.75, 3.05) is 11.9 Å². The van der Waals surface area contributed by atoms with Gasteiger partial charge in [-0.3, -0.25) is 14.9 Å². The van der Waals surface area contributed by atoms with Crippen molar-refractivity contribution in [2.24, 2.45) is 0 Å². The van der Waals surface area contributed by atoms with Crippen molar-refractivity contribution in [1.29, 1.82) is 0 Å². The van der Waals surface area contributed by atoms with Gasteiger partial charge in [-0.25, -0.2) is 9.59 Å². The fourth-order valence-electron chi connectivity index (χ4n) is 2.89. The van der Waals surface area contributed by atoms with Crippen molar-refractivity contribution in [3.63, 3.8) is 0 Å². The minimum atomic E-state index is -1.34. The number of anilines is 1. The Bertz CT molecular complexity index is 1240. The van der Waals surface area contributed by atoms with E-state index in [1.807, 2.05) is 0 Å². The van der Waals surface area contributed by atoms with Crippen LogP contribution in [-0.2, 0) is 4.74 Å². The van der Waals surface area contributed by atoms with Gasteiger partial charge >= 0.3 is 11.9 Å². The summed E-state index contributed by atoms with van der Waals surface area (Å²) < 4.78 is 10.6. The van der Waals surface area contributed by atoms with E-state index in [0.717, 1.165) is 6.07 Å². The van der Waals surface area contributed by atoms with E-state index < -0.39 is 22.8 Å². The maximum Gasteiger partial charge on any atom is 0.339 e. The predicted molar refractivity (Wildman–Crippen MR) is 117 cm³/mol. The Morgan fingerprint density at radius 3 is 2.45 bits per heavy atom. The summed E-state index contributed by atoms with van der Waals surface area (Å²) in [5, 5.41) is 23.0. The number of carboxylic acid groups (broad SMARTS) is 1. The van der Waals surface area contributed by atoms with Crippen molar-refractivity contribution in [3.8, 4) is 11.5 Å². The summed E-state index contributed by atoms with van der Waals surface area (Å²) in [5.41, 5.74) is -0.325. The Morgan fingerprint density at radius 2 is 1.76 bits per heavy atom. The van der Waals surface area contributed by atoms with Crippen molar-refractivity contribution in [1.82, 2.24) is 0 Å². The molecule has 0 aliphatic rings. The van der Waals surface area contributed by atoms with E-state index >= 15 is 0 Å². The second kappa shape index (κ2) is 10.1. The highest BCUT2D eigenvalue weighted by atomic mass is 16.6. The molecule has 0 bridgehead atoms. The Balaban J connectivity index is 1.86. The predicted octanol–water partition coefficient (Wildman–Crippen LogP) is 4.51. The summed E-state index contributed by atoms with van der Waals surface area (Å²) in [6, 6.07) is 15.5. The lowest BCUT2D eigenvalue weighted by atomic mass is 10.1. The normalized spacial score (nSPS) is 10.2. The molecule has 0 fully saturated rings. The summed E-state index contributed by atoms with van der Waals surface area (Å²) >= 11 is 0. The molecule has 1 amide bonds. The Morgan fingerprint density at radius 1 is 1.00 bits per heavy atom. The minimum Gasteiger partial charge on any atom is -0.478 e. The van der Waals surface area contributed by atoms with Crippen molar-refractivity contribution in [2.45, 2.75) is 6.92 Å². The van der Waals surface area contributed by atoms with Crippen molar-refractivity contribution >= 4 is 29.2 Å². The van der Waals surface area contributed by atoms with Gasteiger partial charge in [0.1, 0.15) is 5.75 Å². The quantitative estimate of drug-likeness (QED) is 0.290. The fraction of sp³-hybridized carbons (Fsp3) is 0.0870. The number of nitro benzene ring substituents is 1. The third kappa shape index (κ3) is 5.50. The molecule has 0 aliphatic carbocycles. The lowest BCUT2D eigenvalue weighted by Gasteiger charge is -2.13. The highest BCUT2D eigenvalue weighted by molar-refractivity contribution is 6.05. The number of esters is 1. The molecular weight excluding hydrogens is 432 g/mol. The third-order valence-corrected chi connectivity index (χ3v) is 4.40. The van der Waals surface area contributed by atoms with Crippen LogP contribution in [-0.4, -0.2) is 34.5 Å². The molecule has 10 heteroatoms. The van der Waals surface area contributed by atoms with Gasteiger partial charge in [0, 0.05) is 17.7 Å². The highest BCUT2D eigenvalue weighted by Gasteiger charge is 2.20. The zero-order valence-electron chi connectivity index (χ0n) is 17.3. The summed E-state index contributed by atoms with van der Waals surface area (Å²) in [6.07, 6.45) is 0. The van der Waals surface area contributed by atoms with Crippen molar-refractivity contribution in [3.05, 3.63) is 93.5 Å². The second-order valence-corrected chi connectivity index (χ2v) is 6.59. The lowest BCUT2D eigenvalue weighted by molar-refractivity contribution is -0.384. The molecule has 0 unspecified atom stereocenters.